The van der Waals surface area contributed by atoms with E-state index in [1.54, 1.807) is 0 Å². The number of fused-ring (bicyclic) bond motifs is 1. The maximum atomic E-state index is 12.1. The van der Waals surface area contributed by atoms with E-state index in [-0.39, 0.29) is 6.54 Å². The molecule has 3 aromatic rings. The van der Waals surface area contributed by atoms with Gasteiger partial charge in [0.25, 0.3) is 0 Å². The van der Waals surface area contributed by atoms with Gasteiger partial charge in [0.1, 0.15) is 5.82 Å². The van der Waals surface area contributed by atoms with E-state index in [1.165, 1.54) is 22.9 Å². The fourth-order valence-corrected chi connectivity index (χ4v) is 2.77. The van der Waals surface area contributed by atoms with E-state index in [9.17, 15) is 14.9 Å². The van der Waals surface area contributed by atoms with Crippen LogP contribution < -0.4 is 5.56 Å². The average Bonchev–Trinajstić information content (AvgIpc) is 2.92. The van der Waals surface area contributed by atoms with Gasteiger partial charge in [0, 0.05) is 12.3 Å². The Labute approximate surface area is 138 Å². The third-order valence-corrected chi connectivity index (χ3v) is 3.79. The number of benzene rings is 1. The molecule has 2 aromatic heterocycles. The van der Waals surface area contributed by atoms with Crippen LogP contribution in [0.3, 0.4) is 0 Å². The molecule has 0 unspecified atom stereocenters. The summed E-state index contributed by atoms with van der Waals surface area (Å²) >= 11 is 0. The van der Waals surface area contributed by atoms with E-state index in [0.717, 1.165) is 23.0 Å². The molecule has 2 heterocycles. The van der Waals surface area contributed by atoms with E-state index in [4.69, 9.17) is 0 Å². The summed E-state index contributed by atoms with van der Waals surface area (Å²) in [5, 5.41) is 10.9. The number of nitrogens with one attached hydrogen (secondary N) is 1. The minimum atomic E-state index is -0.668. The van der Waals surface area contributed by atoms with Crippen molar-refractivity contribution in [2.24, 2.45) is 5.92 Å². The van der Waals surface area contributed by atoms with Gasteiger partial charge in [-0.25, -0.2) is 4.98 Å². The summed E-state index contributed by atoms with van der Waals surface area (Å²) in [5.41, 5.74) is 1.87. The van der Waals surface area contributed by atoms with Crippen LogP contribution in [-0.4, -0.2) is 19.5 Å². The number of hydrogen-bond acceptors (Lipinski definition) is 4. The molecular weight excluding hydrogens is 308 g/mol. The number of para-hydroxylation sites is 1. The largest absolute Gasteiger partial charge is 0.340 e. The highest BCUT2D eigenvalue weighted by molar-refractivity contribution is 5.78. The Morgan fingerprint density at radius 2 is 2.08 bits per heavy atom. The molecule has 0 atom stereocenters. The van der Waals surface area contributed by atoms with Gasteiger partial charge in [0.15, 0.2) is 0 Å². The summed E-state index contributed by atoms with van der Waals surface area (Å²) in [6.45, 7) is 4.46. The van der Waals surface area contributed by atoms with Crippen molar-refractivity contribution in [2.45, 2.75) is 26.8 Å². The Kier molecular flexibility index (Phi) is 4.16. The zero-order valence-corrected chi connectivity index (χ0v) is 13.5. The fourth-order valence-electron chi connectivity index (χ4n) is 2.77. The lowest BCUT2D eigenvalue weighted by molar-refractivity contribution is -0.386. The lowest BCUT2D eigenvalue weighted by Crippen LogP contribution is -2.22. The molecule has 0 aliphatic heterocycles. The molecule has 124 valence electrons. The zero-order chi connectivity index (χ0) is 17.3. The smallest absolute Gasteiger partial charge is 0.334 e. The van der Waals surface area contributed by atoms with Crippen molar-refractivity contribution in [1.29, 1.82) is 0 Å². The number of pyridine rings is 1. The second-order valence-electron chi connectivity index (χ2n) is 6.18. The lowest BCUT2D eigenvalue weighted by Gasteiger charge is -2.04. The SMILES string of the molecule is CC(C)Cc1cccc2[nH]c(Cn3cccc([N+](=O)[O-])c3=O)nc12. The summed E-state index contributed by atoms with van der Waals surface area (Å²) in [7, 11) is 0. The topological polar surface area (TPSA) is 93.8 Å². The predicted molar refractivity (Wildman–Crippen MR) is 91.1 cm³/mol. The van der Waals surface area contributed by atoms with Gasteiger partial charge in [-0.3, -0.25) is 14.9 Å². The number of nitro groups is 1. The highest BCUT2D eigenvalue weighted by Crippen LogP contribution is 2.20. The number of nitrogens with zero attached hydrogens (tertiary/aromatic N) is 3. The van der Waals surface area contributed by atoms with Crippen LogP contribution >= 0.6 is 0 Å². The molecule has 0 radical (unpaired) electrons. The molecule has 1 aromatic carbocycles. The number of aromatic nitrogens is 3. The van der Waals surface area contributed by atoms with Gasteiger partial charge < -0.3 is 9.55 Å². The normalized spacial score (nSPS) is 11.3. The Morgan fingerprint density at radius 3 is 2.79 bits per heavy atom. The van der Waals surface area contributed by atoms with Crippen molar-refractivity contribution in [1.82, 2.24) is 14.5 Å². The molecule has 0 saturated heterocycles. The molecule has 0 amide bonds. The van der Waals surface area contributed by atoms with Crippen LogP contribution in [0.25, 0.3) is 11.0 Å². The van der Waals surface area contributed by atoms with Crippen LogP contribution in [0.2, 0.25) is 0 Å². The van der Waals surface area contributed by atoms with Gasteiger partial charge in [0.05, 0.1) is 22.5 Å². The van der Waals surface area contributed by atoms with Crippen molar-refractivity contribution < 1.29 is 4.92 Å². The molecule has 0 spiro atoms. The van der Waals surface area contributed by atoms with E-state index in [0.29, 0.717) is 11.7 Å². The number of imidazole rings is 1. The van der Waals surface area contributed by atoms with Crippen LogP contribution in [0.4, 0.5) is 5.69 Å². The average molecular weight is 326 g/mol. The summed E-state index contributed by atoms with van der Waals surface area (Å²) < 4.78 is 1.29. The maximum absolute atomic E-state index is 12.1. The van der Waals surface area contributed by atoms with Crippen molar-refractivity contribution in [3.05, 3.63) is 68.4 Å². The first-order valence-corrected chi connectivity index (χ1v) is 7.76. The van der Waals surface area contributed by atoms with Crippen molar-refractivity contribution in [3.63, 3.8) is 0 Å². The highest BCUT2D eigenvalue weighted by atomic mass is 16.6. The third kappa shape index (κ3) is 3.05. The molecule has 0 aliphatic carbocycles. The van der Waals surface area contributed by atoms with Gasteiger partial charge in [-0.1, -0.05) is 26.0 Å². The molecule has 7 heteroatoms. The van der Waals surface area contributed by atoms with Crippen LogP contribution in [-0.2, 0) is 13.0 Å². The summed E-state index contributed by atoms with van der Waals surface area (Å²) in [5.74, 6) is 1.11. The van der Waals surface area contributed by atoms with Crippen molar-refractivity contribution in [2.75, 3.05) is 0 Å². The molecule has 0 aliphatic rings. The molecule has 24 heavy (non-hydrogen) atoms. The molecule has 1 N–H and O–H groups in total. The minimum absolute atomic E-state index is 0.163. The van der Waals surface area contributed by atoms with Gasteiger partial charge in [-0.2, -0.15) is 0 Å². The number of aromatic amines is 1. The zero-order valence-electron chi connectivity index (χ0n) is 13.5. The fraction of sp³-hybridized carbons (Fsp3) is 0.294. The van der Waals surface area contributed by atoms with Gasteiger partial charge in [0.2, 0.25) is 0 Å². The molecule has 7 nitrogen and oxygen atoms in total. The lowest BCUT2D eigenvalue weighted by atomic mass is 10.0. The summed E-state index contributed by atoms with van der Waals surface area (Å²) in [4.78, 5) is 30.1. The minimum Gasteiger partial charge on any atom is -0.340 e. The Bertz CT molecular complexity index is 956. The van der Waals surface area contributed by atoms with Crippen LogP contribution in [0.15, 0.2) is 41.3 Å². The molecule has 0 saturated carbocycles. The van der Waals surface area contributed by atoms with Crippen LogP contribution in [0, 0.1) is 16.0 Å². The standard InChI is InChI=1S/C17H18N4O3/c1-11(2)9-12-5-3-6-13-16(12)19-15(18-13)10-20-8-4-7-14(17(20)22)21(23)24/h3-8,11H,9-10H2,1-2H3,(H,18,19). The van der Waals surface area contributed by atoms with Crippen LogP contribution in [0.1, 0.15) is 25.2 Å². The Balaban J connectivity index is 1.98. The number of hydrogen-bond donors (Lipinski definition) is 1. The van der Waals surface area contributed by atoms with E-state index in [1.807, 2.05) is 18.2 Å². The second kappa shape index (κ2) is 6.27. The first kappa shape index (κ1) is 15.9. The summed E-state index contributed by atoms with van der Waals surface area (Å²) in [6, 6.07) is 8.66. The molecule has 0 bridgehead atoms. The van der Waals surface area contributed by atoms with E-state index in [2.05, 4.69) is 23.8 Å². The van der Waals surface area contributed by atoms with Crippen molar-refractivity contribution >= 4 is 16.7 Å². The Hall–Kier alpha value is -2.96. The van der Waals surface area contributed by atoms with E-state index >= 15 is 0 Å². The van der Waals surface area contributed by atoms with Gasteiger partial charge in [-0.05, 0) is 30.0 Å². The van der Waals surface area contributed by atoms with Crippen molar-refractivity contribution in [3.8, 4) is 0 Å². The predicted octanol–water partition coefficient (Wildman–Crippen LogP) is 2.88. The first-order valence-electron chi connectivity index (χ1n) is 7.76. The molecular formula is C17H18N4O3. The maximum Gasteiger partial charge on any atom is 0.334 e. The molecule has 3 rings (SSSR count). The number of H-pyrrole nitrogens is 1. The first-order chi connectivity index (χ1) is 11.5. The Morgan fingerprint density at radius 1 is 1.29 bits per heavy atom. The summed E-state index contributed by atoms with van der Waals surface area (Å²) in [6.07, 6.45) is 2.44. The van der Waals surface area contributed by atoms with Gasteiger partial charge >= 0.3 is 11.2 Å². The quantitative estimate of drug-likeness (QED) is 0.576. The van der Waals surface area contributed by atoms with Crippen LogP contribution in [0.5, 0.6) is 0 Å². The van der Waals surface area contributed by atoms with Gasteiger partial charge in [-0.15, -0.1) is 0 Å². The molecule has 0 fully saturated rings. The number of rotatable bonds is 5. The second-order valence-corrected chi connectivity index (χ2v) is 6.18. The third-order valence-electron chi connectivity index (χ3n) is 3.79. The van der Waals surface area contributed by atoms with E-state index < -0.39 is 16.2 Å². The monoisotopic (exact) mass is 326 g/mol. The highest BCUT2D eigenvalue weighted by Gasteiger charge is 2.15.